The van der Waals surface area contributed by atoms with Crippen molar-refractivity contribution in [3.05, 3.63) is 0 Å². The van der Waals surface area contributed by atoms with Crippen LogP contribution in [0.4, 0.5) is 0 Å². The maximum atomic E-state index is 13.2. The fourth-order valence-electron chi connectivity index (χ4n) is 3.06. The molecule has 0 saturated heterocycles. The van der Waals surface area contributed by atoms with Gasteiger partial charge < -0.3 is 14.6 Å². The Kier molecular flexibility index (Phi) is 9.27. The van der Waals surface area contributed by atoms with Gasteiger partial charge in [0.2, 0.25) is 0 Å². The maximum Gasteiger partial charge on any atom is 0.303 e. The number of carboxylic acid groups (broad SMARTS) is 1. The van der Waals surface area contributed by atoms with E-state index in [0.717, 1.165) is 0 Å². The van der Waals surface area contributed by atoms with E-state index in [1.807, 2.05) is 41.5 Å². The van der Waals surface area contributed by atoms with Gasteiger partial charge in [0.1, 0.15) is 12.2 Å². The quantitative estimate of drug-likeness (QED) is 0.521. The molecule has 0 radical (unpaired) electrons. The zero-order chi connectivity index (χ0) is 23.4. The second-order valence-corrected chi connectivity index (χ2v) is 10.9. The van der Waals surface area contributed by atoms with Crippen molar-refractivity contribution in [1.82, 2.24) is 0 Å². The number of hydrogen-bond donors (Lipinski definition) is 1. The van der Waals surface area contributed by atoms with Crippen molar-refractivity contribution >= 4 is 17.5 Å². The van der Waals surface area contributed by atoms with Gasteiger partial charge in [-0.15, -0.1) is 0 Å². The second kappa shape index (κ2) is 9.69. The summed E-state index contributed by atoms with van der Waals surface area (Å²) < 4.78 is 12.1. The lowest BCUT2D eigenvalue weighted by molar-refractivity contribution is -0.181. The van der Waals surface area contributed by atoms with Gasteiger partial charge in [-0.1, -0.05) is 34.6 Å². The van der Waals surface area contributed by atoms with E-state index in [4.69, 9.17) is 14.6 Å². The molecule has 0 bridgehead atoms. The molecule has 2 unspecified atom stereocenters. The number of ketones is 2. The van der Waals surface area contributed by atoms with Crippen LogP contribution in [0.2, 0.25) is 0 Å². The normalized spacial score (nSPS) is 15.7. The Morgan fingerprint density at radius 2 is 1.31 bits per heavy atom. The number of carboxylic acids is 1. The molecule has 6 nitrogen and oxygen atoms in total. The lowest BCUT2D eigenvalue weighted by atomic mass is 9.71. The lowest BCUT2D eigenvalue weighted by Crippen LogP contribution is -2.54. The minimum Gasteiger partial charge on any atom is -0.481 e. The van der Waals surface area contributed by atoms with E-state index in [0.29, 0.717) is 12.8 Å². The van der Waals surface area contributed by atoms with Gasteiger partial charge in [-0.2, -0.15) is 0 Å². The number of carbonyl (C=O) groups excluding carboxylic acids is 2. The van der Waals surface area contributed by atoms with E-state index in [9.17, 15) is 14.4 Å². The first-order valence-electron chi connectivity index (χ1n) is 10.4. The summed E-state index contributed by atoms with van der Waals surface area (Å²) in [5.41, 5.74) is -2.99. The Morgan fingerprint density at radius 1 is 0.828 bits per heavy atom. The van der Waals surface area contributed by atoms with E-state index < -0.39 is 40.2 Å². The van der Waals surface area contributed by atoms with E-state index in [1.54, 1.807) is 34.6 Å². The third-order valence-corrected chi connectivity index (χ3v) is 5.35. The Morgan fingerprint density at radius 3 is 1.69 bits per heavy atom. The summed E-state index contributed by atoms with van der Waals surface area (Å²) in [5.74, 6) is -1.11. The molecule has 0 aliphatic carbocycles. The third-order valence-electron chi connectivity index (χ3n) is 5.35. The molecule has 170 valence electrons. The Labute approximate surface area is 176 Å². The first kappa shape index (κ1) is 27.7. The smallest absolute Gasteiger partial charge is 0.303 e. The highest BCUT2D eigenvalue weighted by Crippen LogP contribution is 2.39. The molecular formula is C23H42O6. The minimum atomic E-state index is -0.964. The van der Waals surface area contributed by atoms with Gasteiger partial charge in [-0.05, 0) is 54.4 Å². The van der Waals surface area contributed by atoms with E-state index in [-0.39, 0.29) is 18.0 Å². The van der Waals surface area contributed by atoms with Crippen molar-refractivity contribution in [1.29, 1.82) is 0 Å². The highest BCUT2D eigenvalue weighted by atomic mass is 16.5. The predicted molar refractivity (Wildman–Crippen MR) is 114 cm³/mol. The molecule has 0 heterocycles. The molecular weight excluding hydrogens is 372 g/mol. The van der Waals surface area contributed by atoms with E-state index >= 15 is 0 Å². The summed E-state index contributed by atoms with van der Waals surface area (Å²) in [6.45, 7) is 20.0. The van der Waals surface area contributed by atoms with Crippen molar-refractivity contribution in [2.24, 2.45) is 10.8 Å². The van der Waals surface area contributed by atoms with Gasteiger partial charge >= 0.3 is 5.97 Å². The molecule has 0 aromatic rings. The highest BCUT2D eigenvalue weighted by Gasteiger charge is 2.48. The van der Waals surface area contributed by atoms with Crippen LogP contribution in [0.3, 0.4) is 0 Å². The van der Waals surface area contributed by atoms with Gasteiger partial charge in [0, 0.05) is 11.8 Å². The van der Waals surface area contributed by atoms with Crippen LogP contribution in [0, 0.1) is 10.8 Å². The SMILES string of the molecule is CC(OC(C)(C)C)C(=O)C(C)(C)C(C)(C)OC(CCCC(=O)O)C(=O)C(C)(C)C. The second-order valence-electron chi connectivity index (χ2n) is 10.9. The molecule has 2 atom stereocenters. The van der Waals surface area contributed by atoms with E-state index in [1.165, 1.54) is 0 Å². The van der Waals surface area contributed by atoms with Crippen molar-refractivity contribution in [3.63, 3.8) is 0 Å². The Balaban J connectivity index is 5.62. The average molecular weight is 415 g/mol. The van der Waals surface area contributed by atoms with Gasteiger partial charge in [-0.25, -0.2) is 0 Å². The third kappa shape index (κ3) is 8.55. The fourth-order valence-corrected chi connectivity index (χ4v) is 3.06. The first-order chi connectivity index (χ1) is 12.7. The van der Waals surface area contributed by atoms with Crippen molar-refractivity contribution in [3.8, 4) is 0 Å². The van der Waals surface area contributed by atoms with Crippen LogP contribution in [-0.2, 0) is 23.9 Å². The molecule has 0 aromatic heterocycles. The van der Waals surface area contributed by atoms with Crippen LogP contribution in [0.25, 0.3) is 0 Å². The summed E-state index contributed by atoms with van der Waals surface area (Å²) in [7, 11) is 0. The molecule has 0 fully saturated rings. The van der Waals surface area contributed by atoms with Gasteiger partial charge in [0.15, 0.2) is 11.6 Å². The van der Waals surface area contributed by atoms with Gasteiger partial charge in [-0.3, -0.25) is 14.4 Å². The Bertz CT molecular complexity index is 589. The molecule has 0 aliphatic rings. The molecule has 0 rings (SSSR count). The summed E-state index contributed by atoms with van der Waals surface area (Å²) in [6, 6.07) is 0. The summed E-state index contributed by atoms with van der Waals surface area (Å²) in [5, 5.41) is 8.93. The number of hydrogen-bond acceptors (Lipinski definition) is 5. The number of Topliss-reactive ketones (excluding diaryl/α,β-unsaturated/α-hetero) is 2. The topological polar surface area (TPSA) is 89.9 Å². The molecule has 6 heteroatoms. The highest BCUT2D eigenvalue weighted by molar-refractivity contribution is 5.90. The largest absolute Gasteiger partial charge is 0.481 e. The van der Waals surface area contributed by atoms with Crippen molar-refractivity contribution in [2.45, 2.75) is 119 Å². The zero-order valence-corrected chi connectivity index (χ0v) is 20.3. The van der Waals surface area contributed by atoms with Gasteiger partial charge in [0.25, 0.3) is 0 Å². The fraction of sp³-hybridized carbons (Fsp3) is 0.870. The van der Waals surface area contributed by atoms with Gasteiger partial charge in [0.05, 0.1) is 16.6 Å². The number of aliphatic carboxylic acids is 1. The number of carbonyl (C=O) groups is 3. The van der Waals surface area contributed by atoms with Crippen LogP contribution in [-0.4, -0.2) is 46.1 Å². The maximum absolute atomic E-state index is 13.2. The average Bonchev–Trinajstić information content (AvgIpc) is 2.49. The standard InChI is InChI=1S/C23H42O6/c1-15(28-21(5,6)7)18(26)22(8,9)23(10,11)29-16(13-12-14-17(24)25)19(27)20(2,3)4/h15-16H,12-14H2,1-11H3,(H,24,25). The number of rotatable bonds is 11. The number of ether oxygens (including phenoxy) is 2. The summed E-state index contributed by atoms with van der Waals surface area (Å²) >= 11 is 0. The van der Waals surface area contributed by atoms with Crippen LogP contribution in [0.1, 0.15) is 95.4 Å². The molecule has 0 saturated carbocycles. The molecule has 0 aliphatic heterocycles. The zero-order valence-electron chi connectivity index (χ0n) is 20.3. The molecule has 0 amide bonds. The van der Waals surface area contributed by atoms with E-state index in [2.05, 4.69) is 0 Å². The molecule has 29 heavy (non-hydrogen) atoms. The van der Waals surface area contributed by atoms with Crippen LogP contribution in [0.5, 0.6) is 0 Å². The predicted octanol–water partition coefficient (Wildman–Crippen LogP) is 4.82. The monoisotopic (exact) mass is 414 g/mol. The minimum absolute atomic E-state index is 0.0313. The molecule has 0 aromatic carbocycles. The summed E-state index contributed by atoms with van der Waals surface area (Å²) in [4.78, 5) is 37.0. The van der Waals surface area contributed by atoms with Crippen molar-refractivity contribution in [2.75, 3.05) is 0 Å². The molecule has 0 spiro atoms. The van der Waals surface area contributed by atoms with Crippen LogP contribution < -0.4 is 0 Å². The molecule has 1 N–H and O–H groups in total. The Hall–Kier alpha value is -1.27. The summed E-state index contributed by atoms with van der Waals surface area (Å²) in [6.07, 6.45) is -0.817. The van der Waals surface area contributed by atoms with Crippen LogP contribution in [0.15, 0.2) is 0 Å². The van der Waals surface area contributed by atoms with Crippen molar-refractivity contribution < 1.29 is 29.0 Å². The lowest BCUT2D eigenvalue weighted by Gasteiger charge is -2.44. The first-order valence-corrected chi connectivity index (χ1v) is 10.4. The van der Waals surface area contributed by atoms with Crippen LogP contribution >= 0.6 is 0 Å².